The van der Waals surface area contributed by atoms with Gasteiger partial charge in [0.25, 0.3) is 5.91 Å². The minimum atomic E-state index is -0.348. The van der Waals surface area contributed by atoms with Gasteiger partial charge in [-0.05, 0) is 12.8 Å². The van der Waals surface area contributed by atoms with Crippen molar-refractivity contribution in [3.8, 4) is 0 Å². The smallest absolute Gasteiger partial charge is 0.271 e. The Bertz CT molecular complexity index is 419. The molecule has 1 aromatic heterocycles. The number of carbonyl (C=O) groups excluding carboxylic acids is 1. The fourth-order valence-corrected chi connectivity index (χ4v) is 2.58. The molecule has 0 atom stereocenters. The summed E-state index contributed by atoms with van der Waals surface area (Å²) in [6, 6.07) is 0. The molecule has 1 fully saturated rings. The Morgan fingerprint density at radius 1 is 1.35 bits per heavy atom. The van der Waals surface area contributed by atoms with Crippen LogP contribution in [0.25, 0.3) is 0 Å². The molecular weight excluding hydrogens is 258 g/mol. The number of aliphatic hydroxyl groups is 1. The van der Waals surface area contributed by atoms with Gasteiger partial charge in [0.05, 0.1) is 25.0 Å². The molecule has 6 heteroatoms. The molecule has 110 valence electrons. The predicted octanol–water partition coefficient (Wildman–Crippen LogP) is 0.918. The molecule has 0 saturated heterocycles. The Kier molecular flexibility index (Phi) is 5.43. The van der Waals surface area contributed by atoms with E-state index in [1.165, 1.54) is 25.0 Å². The lowest BCUT2D eigenvalue weighted by Crippen LogP contribution is -2.47. The van der Waals surface area contributed by atoms with Crippen molar-refractivity contribution in [3.05, 3.63) is 24.3 Å². The molecule has 0 spiro atoms. The number of nitrogens with one attached hydrogen (secondary N) is 1. The van der Waals surface area contributed by atoms with Crippen LogP contribution >= 0.6 is 0 Å². The number of hydrogen-bond donors (Lipinski definition) is 2. The van der Waals surface area contributed by atoms with Gasteiger partial charge < -0.3 is 15.2 Å². The maximum Gasteiger partial charge on any atom is 0.271 e. The number of hydrogen-bond acceptors (Lipinski definition) is 5. The maximum absolute atomic E-state index is 12.0. The van der Waals surface area contributed by atoms with E-state index >= 15 is 0 Å². The van der Waals surface area contributed by atoms with E-state index in [-0.39, 0.29) is 18.1 Å². The standard InChI is InChI=1S/C14H21N3O3/c18-8-9-20-14(4-2-1-3-5-14)11-17-13(19)12-10-15-6-7-16-12/h6-7,10,18H,1-5,8-9,11H2,(H,17,19). The summed E-state index contributed by atoms with van der Waals surface area (Å²) in [5.74, 6) is -0.240. The fourth-order valence-electron chi connectivity index (χ4n) is 2.58. The average molecular weight is 279 g/mol. The van der Waals surface area contributed by atoms with Crippen LogP contribution < -0.4 is 5.32 Å². The lowest BCUT2D eigenvalue weighted by atomic mass is 9.84. The van der Waals surface area contributed by atoms with Crippen molar-refractivity contribution in [1.82, 2.24) is 15.3 Å². The second kappa shape index (κ2) is 7.31. The first kappa shape index (κ1) is 14.9. The van der Waals surface area contributed by atoms with E-state index in [2.05, 4.69) is 15.3 Å². The minimum Gasteiger partial charge on any atom is -0.394 e. The molecule has 0 unspecified atom stereocenters. The molecule has 1 aliphatic carbocycles. The molecule has 1 amide bonds. The van der Waals surface area contributed by atoms with E-state index in [0.29, 0.717) is 18.8 Å². The summed E-state index contributed by atoms with van der Waals surface area (Å²) in [6.45, 7) is 0.753. The molecule has 0 aliphatic heterocycles. The van der Waals surface area contributed by atoms with Crippen molar-refractivity contribution >= 4 is 5.91 Å². The van der Waals surface area contributed by atoms with Gasteiger partial charge in [-0.15, -0.1) is 0 Å². The van der Waals surface area contributed by atoms with E-state index in [0.717, 1.165) is 25.7 Å². The molecule has 2 rings (SSSR count). The van der Waals surface area contributed by atoms with Gasteiger partial charge in [-0.3, -0.25) is 9.78 Å². The first-order valence-corrected chi connectivity index (χ1v) is 7.05. The first-order valence-electron chi connectivity index (χ1n) is 7.05. The minimum absolute atomic E-state index is 0.000142. The Hall–Kier alpha value is -1.53. The quantitative estimate of drug-likeness (QED) is 0.809. The van der Waals surface area contributed by atoms with E-state index < -0.39 is 0 Å². The van der Waals surface area contributed by atoms with Crippen LogP contribution in [0.1, 0.15) is 42.6 Å². The third-order valence-corrected chi connectivity index (χ3v) is 3.63. The fraction of sp³-hybridized carbons (Fsp3) is 0.643. The van der Waals surface area contributed by atoms with Gasteiger partial charge in [0.1, 0.15) is 5.69 Å². The van der Waals surface area contributed by atoms with Crippen molar-refractivity contribution in [2.75, 3.05) is 19.8 Å². The first-order chi connectivity index (χ1) is 9.76. The van der Waals surface area contributed by atoms with E-state index in [1.54, 1.807) is 0 Å². The van der Waals surface area contributed by atoms with Crippen molar-refractivity contribution < 1.29 is 14.6 Å². The summed E-state index contributed by atoms with van der Waals surface area (Å²) in [4.78, 5) is 19.8. The van der Waals surface area contributed by atoms with Crippen LogP contribution in [-0.2, 0) is 4.74 Å². The number of carbonyl (C=O) groups is 1. The van der Waals surface area contributed by atoms with Crippen LogP contribution in [0, 0.1) is 0 Å². The van der Waals surface area contributed by atoms with Crippen molar-refractivity contribution in [1.29, 1.82) is 0 Å². The lowest BCUT2D eigenvalue weighted by Gasteiger charge is -2.37. The van der Waals surface area contributed by atoms with Gasteiger partial charge in [-0.2, -0.15) is 0 Å². The zero-order valence-corrected chi connectivity index (χ0v) is 11.5. The van der Waals surface area contributed by atoms with Gasteiger partial charge >= 0.3 is 0 Å². The second-order valence-electron chi connectivity index (χ2n) is 5.09. The number of rotatable bonds is 6. The third-order valence-electron chi connectivity index (χ3n) is 3.63. The highest BCUT2D eigenvalue weighted by atomic mass is 16.5. The summed E-state index contributed by atoms with van der Waals surface area (Å²) < 4.78 is 5.81. The molecule has 20 heavy (non-hydrogen) atoms. The lowest BCUT2D eigenvalue weighted by molar-refractivity contribution is -0.0773. The highest BCUT2D eigenvalue weighted by Crippen LogP contribution is 2.31. The van der Waals surface area contributed by atoms with E-state index in [1.807, 2.05) is 0 Å². The molecule has 0 radical (unpaired) electrons. The number of nitrogens with zero attached hydrogens (tertiary/aromatic N) is 2. The maximum atomic E-state index is 12.0. The van der Waals surface area contributed by atoms with Crippen LogP contribution in [0.5, 0.6) is 0 Å². The van der Waals surface area contributed by atoms with E-state index in [4.69, 9.17) is 9.84 Å². The summed E-state index contributed by atoms with van der Waals surface area (Å²) >= 11 is 0. The van der Waals surface area contributed by atoms with Gasteiger partial charge in [-0.25, -0.2) is 4.98 Å². The number of aromatic nitrogens is 2. The molecule has 1 heterocycles. The Morgan fingerprint density at radius 2 is 2.15 bits per heavy atom. The predicted molar refractivity (Wildman–Crippen MR) is 73.2 cm³/mol. The Labute approximate surface area is 118 Å². The topological polar surface area (TPSA) is 84.3 Å². The van der Waals surface area contributed by atoms with Gasteiger partial charge in [-0.1, -0.05) is 19.3 Å². The molecule has 1 aliphatic rings. The van der Waals surface area contributed by atoms with Crippen molar-refractivity contribution in [2.24, 2.45) is 0 Å². The summed E-state index contributed by atoms with van der Waals surface area (Å²) in [5, 5.41) is 11.8. The third kappa shape index (κ3) is 3.98. The van der Waals surface area contributed by atoms with Crippen LogP contribution in [0.4, 0.5) is 0 Å². The molecular formula is C14H21N3O3. The van der Waals surface area contributed by atoms with Gasteiger partial charge in [0, 0.05) is 18.9 Å². The molecule has 1 saturated carbocycles. The second-order valence-corrected chi connectivity index (χ2v) is 5.09. The Morgan fingerprint density at radius 3 is 2.80 bits per heavy atom. The SMILES string of the molecule is O=C(NCC1(OCCO)CCCCC1)c1cnccn1. The normalized spacial score (nSPS) is 17.6. The summed E-state index contributed by atoms with van der Waals surface area (Å²) in [6.07, 6.45) is 9.66. The monoisotopic (exact) mass is 279 g/mol. The van der Waals surface area contributed by atoms with Crippen LogP contribution in [0.3, 0.4) is 0 Å². The molecule has 6 nitrogen and oxygen atoms in total. The summed E-state index contributed by atoms with van der Waals surface area (Å²) in [5.41, 5.74) is -0.0422. The number of amides is 1. The molecule has 0 aromatic carbocycles. The van der Waals surface area contributed by atoms with Gasteiger partial charge in [0.15, 0.2) is 0 Å². The largest absolute Gasteiger partial charge is 0.394 e. The average Bonchev–Trinajstić information content (AvgIpc) is 2.52. The highest BCUT2D eigenvalue weighted by Gasteiger charge is 2.33. The van der Waals surface area contributed by atoms with Crippen molar-refractivity contribution in [2.45, 2.75) is 37.7 Å². The zero-order valence-electron chi connectivity index (χ0n) is 11.5. The zero-order chi connectivity index (χ0) is 14.3. The number of aliphatic hydroxyl groups excluding tert-OH is 1. The highest BCUT2D eigenvalue weighted by molar-refractivity contribution is 5.91. The van der Waals surface area contributed by atoms with Crippen LogP contribution in [0.15, 0.2) is 18.6 Å². The Balaban J connectivity index is 1.93. The van der Waals surface area contributed by atoms with Crippen molar-refractivity contribution in [3.63, 3.8) is 0 Å². The molecule has 2 N–H and O–H groups in total. The van der Waals surface area contributed by atoms with Crippen LogP contribution in [0.2, 0.25) is 0 Å². The van der Waals surface area contributed by atoms with Gasteiger partial charge in [0.2, 0.25) is 0 Å². The van der Waals surface area contributed by atoms with E-state index in [9.17, 15) is 4.79 Å². The van der Waals surface area contributed by atoms with Crippen LogP contribution in [-0.4, -0.2) is 46.3 Å². The summed E-state index contributed by atoms with van der Waals surface area (Å²) in [7, 11) is 0. The number of ether oxygens (including phenoxy) is 1. The molecule has 1 aromatic rings. The molecule has 0 bridgehead atoms.